The zero-order valence-corrected chi connectivity index (χ0v) is 12.4. The second kappa shape index (κ2) is 5.26. The SMILES string of the molecule is Cc1ccc(S(=O)(=O)NCc2nc(C)c(C)o2)c(N)c1. The number of hydrogen-bond acceptors (Lipinski definition) is 5. The number of nitrogen functional groups attached to an aromatic ring is 1. The minimum atomic E-state index is -3.68. The summed E-state index contributed by atoms with van der Waals surface area (Å²) in [5, 5.41) is 0. The Bertz CT molecular complexity index is 716. The van der Waals surface area contributed by atoms with E-state index < -0.39 is 10.0 Å². The van der Waals surface area contributed by atoms with Crippen molar-refractivity contribution in [1.82, 2.24) is 9.71 Å². The van der Waals surface area contributed by atoms with Crippen molar-refractivity contribution in [1.29, 1.82) is 0 Å². The fourth-order valence-corrected chi connectivity index (χ4v) is 2.85. The van der Waals surface area contributed by atoms with Crippen LogP contribution in [0.5, 0.6) is 0 Å². The van der Waals surface area contributed by atoms with Crippen molar-refractivity contribution in [2.24, 2.45) is 0 Å². The first-order chi connectivity index (χ1) is 9.29. The van der Waals surface area contributed by atoms with Crippen molar-refractivity contribution in [3.8, 4) is 0 Å². The average molecular weight is 295 g/mol. The molecule has 0 saturated carbocycles. The van der Waals surface area contributed by atoms with Gasteiger partial charge in [-0.05, 0) is 38.5 Å². The van der Waals surface area contributed by atoms with Gasteiger partial charge in [0.15, 0.2) is 0 Å². The molecule has 1 heterocycles. The smallest absolute Gasteiger partial charge is 0.243 e. The first-order valence-corrected chi connectivity index (χ1v) is 7.56. The Labute approximate surface area is 118 Å². The van der Waals surface area contributed by atoms with Gasteiger partial charge in [0.1, 0.15) is 10.7 Å². The Morgan fingerprint density at radius 3 is 2.55 bits per heavy atom. The summed E-state index contributed by atoms with van der Waals surface area (Å²) in [5.41, 5.74) is 7.61. The zero-order chi connectivity index (χ0) is 14.9. The molecule has 6 nitrogen and oxygen atoms in total. The Balaban J connectivity index is 2.19. The topological polar surface area (TPSA) is 98.2 Å². The lowest BCUT2D eigenvalue weighted by atomic mass is 10.2. The van der Waals surface area contributed by atoms with Crippen LogP contribution in [0.3, 0.4) is 0 Å². The summed E-state index contributed by atoms with van der Waals surface area (Å²) < 4.78 is 32.1. The summed E-state index contributed by atoms with van der Waals surface area (Å²) in [6.45, 7) is 5.41. The number of benzene rings is 1. The zero-order valence-electron chi connectivity index (χ0n) is 11.6. The Hall–Kier alpha value is -1.86. The van der Waals surface area contributed by atoms with Gasteiger partial charge in [0.2, 0.25) is 15.9 Å². The molecule has 0 bridgehead atoms. The van der Waals surface area contributed by atoms with Crippen molar-refractivity contribution >= 4 is 15.7 Å². The van der Waals surface area contributed by atoms with Gasteiger partial charge in [-0.25, -0.2) is 18.1 Å². The van der Waals surface area contributed by atoms with Gasteiger partial charge >= 0.3 is 0 Å². The lowest BCUT2D eigenvalue weighted by Gasteiger charge is -2.08. The van der Waals surface area contributed by atoms with E-state index in [-0.39, 0.29) is 17.1 Å². The minimum Gasteiger partial charge on any atom is -0.444 e. The molecule has 1 aromatic carbocycles. The monoisotopic (exact) mass is 295 g/mol. The van der Waals surface area contributed by atoms with Crippen molar-refractivity contribution in [2.75, 3.05) is 5.73 Å². The predicted molar refractivity (Wildman–Crippen MR) is 75.6 cm³/mol. The third-order valence-corrected chi connectivity index (χ3v) is 4.42. The van der Waals surface area contributed by atoms with Crippen LogP contribution in [0.2, 0.25) is 0 Å². The average Bonchev–Trinajstić information content (AvgIpc) is 2.66. The van der Waals surface area contributed by atoms with Crippen LogP contribution in [0.4, 0.5) is 5.69 Å². The van der Waals surface area contributed by atoms with Crippen LogP contribution >= 0.6 is 0 Å². The highest BCUT2D eigenvalue weighted by molar-refractivity contribution is 7.89. The summed E-state index contributed by atoms with van der Waals surface area (Å²) in [6.07, 6.45) is 0. The molecule has 7 heteroatoms. The Morgan fingerprint density at radius 1 is 1.30 bits per heavy atom. The lowest BCUT2D eigenvalue weighted by Crippen LogP contribution is -2.24. The molecule has 2 rings (SSSR count). The second-order valence-corrected chi connectivity index (χ2v) is 6.35. The molecular formula is C13H17N3O3S. The predicted octanol–water partition coefficient (Wildman–Crippen LogP) is 1.66. The third-order valence-electron chi connectivity index (χ3n) is 2.94. The molecule has 0 amide bonds. The maximum absolute atomic E-state index is 12.2. The van der Waals surface area contributed by atoms with Crippen molar-refractivity contribution < 1.29 is 12.8 Å². The summed E-state index contributed by atoms with van der Waals surface area (Å²) >= 11 is 0. The number of anilines is 1. The number of sulfonamides is 1. The van der Waals surface area contributed by atoms with Gasteiger partial charge in [0, 0.05) is 0 Å². The normalized spacial score (nSPS) is 11.8. The maximum atomic E-state index is 12.2. The van der Waals surface area contributed by atoms with E-state index in [0.29, 0.717) is 11.7 Å². The summed E-state index contributed by atoms with van der Waals surface area (Å²) in [6, 6.07) is 4.80. The highest BCUT2D eigenvalue weighted by atomic mass is 32.2. The molecule has 20 heavy (non-hydrogen) atoms. The molecule has 0 atom stereocenters. The number of nitrogens with zero attached hydrogens (tertiary/aromatic N) is 1. The lowest BCUT2D eigenvalue weighted by molar-refractivity contribution is 0.463. The molecule has 0 fully saturated rings. The number of aromatic nitrogens is 1. The first-order valence-electron chi connectivity index (χ1n) is 6.08. The van der Waals surface area contributed by atoms with Gasteiger partial charge in [-0.2, -0.15) is 0 Å². The highest BCUT2D eigenvalue weighted by Crippen LogP contribution is 2.19. The second-order valence-electron chi connectivity index (χ2n) is 4.62. The molecule has 0 aliphatic rings. The number of hydrogen-bond donors (Lipinski definition) is 2. The molecule has 3 N–H and O–H groups in total. The van der Waals surface area contributed by atoms with Gasteiger partial charge in [0.25, 0.3) is 0 Å². The highest BCUT2D eigenvalue weighted by Gasteiger charge is 2.18. The van der Waals surface area contributed by atoms with E-state index in [1.54, 1.807) is 26.0 Å². The van der Waals surface area contributed by atoms with Crippen LogP contribution in [0, 0.1) is 20.8 Å². The summed E-state index contributed by atoms with van der Waals surface area (Å²) in [4.78, 5) is 4.18. The number of rotatable bonds is 4. The number of nitrogens with two attached hydrogens (primary N) is 1. The summed E-state index contributed by atoms with van der Waals surface area (Å²) in [7, 11) is -3.68. The quantitative estimate of drug-likeness (QED) is 0.836. The van der Waals surface area contributed by atoms with Crippen molar-refractivity contribution in [2.45, 2.75) is 32.2 Å². The third kappa shape index (κ3) is 3.00. The number of nitrogens with one attached hydrogen (secondary N) is 1. The molecule has 0 unspecified atom stereocenters. The maximum Gasteiger partial charge on any atom is 0.243 e. The van der Waals surface area contributed by atoms with Gasteiger partial charge in [-0.15, -0.1) is 0 Å². The van der Waals surface area contributed by atoms with Crippen LogP contribution in [-0.4, -0.2) is 13.4 Å². The molecule has 0 radical (unpaired) electrons. The van der Waals surface area contributed by atoms with Crippen LogP contribution < -0.4 is 10.5 Å². The fraction of sp³-hybridized carbons (Fsp3) is 0.308. The van der Waals surface area contributed by atoms with Gasteiger partial charge < -0.3 is 10.2 Å². The van der Waals surface area contributed by atoms with Crippen LogP contribution in [0.1, 0.15) is 22.9 Å². The van der Waals surface area contributed by atoms with E-state index >= 15 is 0 Å². The minimum absolute atomic E-state index is 0.00959. The largest absolute Gasteiger partial charge is 0.444 e. The van der Waals surface area contributed by atoms with Crippen LogP contribution in [-0.2, 0) is 16.6 Å². The van der Waals surface area contributed by atoms with Crippen LogP contribution in [0.15, 0.2) is 27.5 Å². The Morgan fingerprint density at radius 2 is 2.00 bits per heavy atom. The van der Waals surface area contributed by atoms with Crippen LogP contribution in [0.25, 0.3) is 0 Å². The standard InChI is InChI=1S/C13H17N3O3S/c1-8-4-5-12(11(14)6-8)20(17,18)15-7-13-16-9(2)10(3)19-13/h4-6,15H,7,14H2,1-3H3. The van der Waals surface area contributed by atoms with Gasteiger partial charge in [-0.1, -0.05) is 6.07 Å². The summed E-state index contributed by atoms with van der Waals surface area (Å²) in [5.74, 6) is 1.00. The molecule has 0 spiro atoms. The number of oxazole rings is 1. The fourth-order valence-electron chi connectivity index (χ4n) is 1.76. The van der Waals surface area contributed by atoms with E-state index in [1.165, 1.54) is 6.07 Å². The van der Waals surface area contributed by atoms with E-state index in [0.717, 1.165) is 11.3 Å². The van der Waals surface area contributed by atoms with Gasteiger partial charge in [-0.3, -0.25) is 0 Å². The molecule has 108 valence electrons. The molecule has 0 saturated heterocycles. The molecule has 0 aliphatic heterocycles. The first kappa shape index (κ1) is 14.5. The molecule has 2 aromatic rings. The van der Waals surface area contributed by atoms with Gasteiger partial charge in [0.05, 0.1) is 17.9 Å². The van der Waals surface area contributed by atoms with E-state index in [4.69, 9.17) is 10.2 Å². The molecule has 1 aromatic heterocycles. The van der Waals surface area contributed by atoms with E-state index in [2.05, 4.69) is 9.71 Å². The Kier molecular flexibility index (Phi) is 3.82. The van der Waals surface area contributed by atoms with E-state index in [1.807, 2.05) is 6.92 Å². The molecule has 0 aliphatic carbocycles. The van der Waals surface area contributed by atoms with Crippen molar-refractivity contribution in [3.63, 3.8) is 0 Å². The van der Waals surface area contributed by atoms with E-state index in [9.17, 15) is 8.42 Å². The number of aryl methyl sites for hydroxylation is 3. The van der Waals surface area contributed by atoms with Crippen molar-refractivity contribution in [3.05, 3.63) is 41.1 Å². The molecular weight excluding hydrogens is 278 g/mol.